The third-order valence-electron chi connectivity index (χ3n) is 12.1. The summed E-state index contributed by atoms with van der Waals surface area (Å²) < 4.78 is 25.4. The van der Waals surface area contributed by atoms with Crippen LogP contribution in [0.2, 0.25) is 0 Å². The van der Waals surface area contributed by atoms with E-state index in [-0.39, 0.29) is 35.4 Å². The van der Waals surface area contributed by atoms with Gasteiger partial charge in [-0.25, -0.2) is 14.2 Å². The van der Waals surface area contributed by atoms with Gasteiger partial charge in [0.1, 0.15) is 23.2 Å². The first kappa shape index (κ1) is 37.5. The lowest BCUT2D eigenvalue weighted by Gasteiger charge is -2.37. The van der Waals surface area contributed by atoms with Crippen molar-refractivity contribution in [1.29, 1.82) is 0 Å². The molecule has 1 aliphatic carbocycles. The van der Waals surface area contributed by atoms with Crippen molar-refractivity contribution in [3.63, 3.8) is 0 Å². The maximum Gasteiger partial charge on any atom is 0.329 e. The van der Waals surface area contributed by atoms with Crippen molar-refractivity contribution in [3.05, 3.63) is 82.2 Å². The van der Waals surface area contributed by atoms with E-state index in [1.807, 2.05) is 30.5 Å². The number of amides is 3. The van der Waals surface area contributed by atoms with E-state index in [0.717, 1.165) is 85.7 Å². The van der Waals surface area contributed by atoms with Crippen molar-refractivity contribution >= 4 is 45.3 Å². The number of rotatable bonds is 9. The predicted octanol–water partition coefficient (Wildman–Crippen LogP) is 6.14. The van der Waals surface area contributed by atoms with Gasteiger partial charge >= 0.3 is 5.69 Å². The first-order valence-corrected chi connectivity index (χ1v) is 19.7. The molecule has 3 aromatic heterocycles. The van der Waals surface area contributed by atoms with Gasteiger partial charge in [0.25, 0.3) is 5.91 Å². The quantitative estimate of drug-likeness (QED) is 0.171. The Kier molecular flexibility index (Phi) is 10.0. The summed E-state index contributed by atoms with van der Waals surface area (Å²) in [6.45, 7) is 5.86. The van der Waals surface area contributed by atoms with Gasteiger partial charge in [-0.1, -0.05) is 18.2 Å². The van der Waals surface area contributed by atoms with E-state index in [1.54, 1.807) is 41.5 Å². The van der Waals surface area contributed by atoms with E-state index in [1.165, 1.54) is 13.8 Å². The zero-order chi connectivity index (χ0) is 39.3. The van der Waals surface area contributed by atoms with E-state index in [9.17, 15) is 23.6 Å². The van der Waals surface area contributed by atoms with E-state index in [2.05, 4.69) is 31.3 Å². The number of aromatic nitrogens is 5. The second kappa shape index (κ2) is 14.9. The van der Waals surface area contributed by atoms with Crippen LogP contribution in [0.4, 0.5) is 10.1 Å². The molecule has 5 aromatic rings. The van der Waals surface area contributed by atoms with Crippen LogP contribution in [0.5, 0.6) is 5.75 Å². The van der Waals surface area contributed by atoms with Gasteiger partial charge in [0, 0.05) is 37.7 Å². The predicted molar refractivity (Wildman–Crippen MR) is 211 cm³/mol. The standard InChI is InChI=1S/C42H49FN8O5/c1-42(2,43)36-10-6-8-30(44-36)39(53)45-32-21-27-24-50(47-31(27)22-35(32)56-4)28-13-11-25(12-14-28)23-49-19-17-26(18-20-49)29-7-5-9-33-38(29)48(3)41(55)51(33)34-15-16-37(52)46-40(34)54/h5-10,21-22,24-26,28,34H,11-20,23H2,1-4H3,(H,45,53)(H,46,52,54)/t25-,28-,34?. The highest BCUT2D eigenvalue weighted by atomic mass is 19.1. The number of likely N-dealkylation sites (tertiary alicyclic amines) is 1. The SMILES string of the molecule is COc1cc2nn([C@H]3CC[C@H](CN4CCC(c5cccc6c5n(C)c(=O)n6C5CCC(=O)NC5=O)CC4)CC3)cc2cc1NC(=O)c1cccc(C(C)(C)F)n1. The van der Waals surface area contributed by atoms with Gasteiger partial charge in [0.05, 0.1) is 41.1 Å². The number of ether oxygens (including phenoxy) is 1. The fourth-order valence-electron chi connectivity index (χ4n) is 9.02. The number of nitrogens with one attached hydrogen (secondary N) is 2. The highest BCUT2D eigenvalue weighted by molar-refractivity contribution is 6.05. The summed E-state index contributed by atoms with van der Waals surface area (Å²) in [5, 5.41) is 11.1. The minimum Gasteiger partial charge on any atom is -0.494 e. The number of anilines is 1. The number of benzene rings is 2. The summed E-state index contributed by atoms with van der Waals surface area (Å²) in [6.07, 6.45) is 8.86. The molecule has 1 atom stereocenters. The molecule has 0 radical (unpaired) electrons. The maximum atomic E-state index is 14.5. The second-order valence-corrected chi connectivity index (χ2v) is 16.2. The van der Waals surface area contributed by atoms with E-state index < -0.39 is 23.5 Å². The lowest BCUT2D eigenvalue weighted by Crippen LogP contribution is -2.44. The van der Waals surface area contributed by atoms with Crippen LogP contribution < -0.4 is 21.1 Å². The molecule has 0 bridgehead atoms. The molecule has 56 heavy (non-hydrogen) atoms. The Hall–Kier alpha value is -5.37. The van der Waals surface area contributed by atoms with Crippen LogP contribution >= 0.6 is 0 Å². The molecule has 3 amide bonds. The third kappa shape index (κ3) is 7.22. The summed E-state index contributed by atoms with van der Waals surface area (Å²) in [7, 11) is 3.33. The second-order valence-electron chi connectivity index (χ2n) is 16.2. The monoisotopic (exact) mass is 764 g/mol. The zero-order valence-electron chi connectivity index (χ0n) is 32.4. The van der Waals surface area contributed by atoms with Crippen molar-refractivity contribution in [3.8, 4) is 5.75 Å². The number of carbonyl (C=O) groups excluding carboxylic acids is 3. The third-order valence-corrected chi connectivity index (χ3v) is 12.1. The maximum absolute atomic E-state index is 14.5. The molecular formula is C42H49FN8O5. The van der Waals surface area contributed by atoms with Crippen molar-refractivity contribution < 1.29 is 23.5 Å². The Balaban J connectivity index is 0.877. The number of hydrogen-bond donors (Lipinski definition) is 2. The fourth-order valence-corrected chi connectivity index (χ4v) is 9.02. The zero-order valence-corrected chi connectivity index (χ0v) is 32.4. The van der Waals surface area contributed by atoms with Crippen LogP contribution in [0.3, 0.4) is 0 Å². The molecule has 0 spiro atoms. The lowest BCUT2D eigenvalue weighted by molar-refractivity contribution is -0.135. The average molecular weight is 765 g/mol. The van der Waals surface area contributed by atoms with Gasteiger partial charge in [0.15, 0.2) is 0 Å². The number of piperidine rings is 2. The molecule has 3 fully saturated rings. The molecule has 5 heterocycles. The molecule has 1 saturated carbocycles. The summed E-state index contributed by atoms with van der Waals surface area (Å²) in [5.74, 6) is 0.243. The number of hydrogen-bond acceptors (Lipinski definition) is 8. The Bertz CT molecular complexity index is 2380. The van der Waals surface area contributed by atoms with E-state index in [0.29, 0.717) is 29.7 Å². The first-order valence-electron chi connectivity index (χ1n) is 19.7. The number of imide groups is 1. The lowest BCUT2D eigenvalue weighted by atomic mass is 9.84. The number of pyridine rings is 1. The Morgan fingerprint density at radius 2 is 1.75 bits per heavy atom. The number of imidazole rings is 1. The minimum absolute atomic E-state index is 0.122. The van der Waals surface area contributed by atoms with Crippen molar-refractivity contribution in [2.45, 2.75) is 88.9 Å². The van der Waals surface area contributed by atoms with Gasteiger partial charge in [0.2, 0.25) is 11.8 Å². The molecule has 294 valence electrons. The molecule has 1 unspecified atom stereocenters. The number of nitrogens with zero attached hydrogens (tertiary/aromatic N) is 6. The summed E-state index contributed by atoms with van der Waals surface area (Å²) >= 11 is 0. The van der Waals surface area contributed by atoms with Crippen molar-refractivity contribution in [1.82, 2.24) is 34.1 Å². The van der Waals surface area contributed by atoms with E-state index >= 15 is 0 Å². The number of aryl methyl sites for hydroxylation is 1. The fraction of sp³-hybridized carbons (Fsp3) is 0.476. The summed E-state index contributed by atoms with van der Waals surface area (Å²) in [6, 6.07) is 14.1. The minimum atomic E-state index is -1.67. The van der Waals surface area contributed by atoms with Crippen molar-refractivity contribution in [2.75, 3.05) is 32.1 Å². The molecule has 2 saturated heterocycles. The van der Waals surface area contributed by atoms with Gasteiger partial charge < -0.3 is 15.0 Å². The molecule has 2 N–H and O–H groups in total. The Morgan fingerprint density at radius 1 is 1.00 bits per heavy atom. The number of carbonyl (C=O) groups is 3. The number of halogens is 1. The van der Waals surface area contributed by atoms with Gasteiger partial charge in [-0.05, 0) is 114 Å². The normalized spacial score (nSPS) is 21.4. The molecule has 2 aromatic carbocycles. The topological polar surface area (TPSA) is 145 Å². The molecule has 13 nitrogen and oxygen atoms in total. The highest BCUT2D eigenvalue weighted by Gasteiger charge is 2.33. The van der Waals surface area contributed by atoms with Crippen LogP contribution in [-0.4, -0.2) is 73.3 Å². The smallest absolute Gasteiger partial charge is 0.329 e. The van der Waals surface area contributed by atoms with Gasteiger partial charge in [-0.2, -0.15) is 5.10 Å². The van der Waals surface area contributed by atoms with Crippen LogP contribution in [0.25, 0.3) is 21.9 Å². The highest BCUT2D eigenvalue weighted by Crippen LogP contribution is 2.38. The summed E-state index contributed by atoms with van der Waals surface area (Å²) in [4.78, 5) is 57.9. The average Bonchev–Trinajstić information content (AvgIpc) is 3.72. The summed E-state index contributed by atoms with van der Waals surface area (Å²) in [5.41, 5.74) is 2.47. The van der Waals surface area contributed by atoms with Crippen molar-refractivity contribution in [2.24, 2.45) is 13.0 Å². The number of alkyl halides is 1. The molecule has 2 aliphatic heterocycles. The van der Waals surface area contributed by atoms with Gasteiger partial charge in [-0.15, -0.1) is 0 Å². The van der Waals surface area contributed by atoms with Crippen LogP contribution in [0, 0.1) is 5.92 Å². The molecular weight excluding hydrogens is 716 g/mol. The molecule has 3 aliphatic rings. The molecule has 8 rings (SSSR count). The Labute approximate surface area is 324 Å². The van der Waals surface area contributed by atoms with E-state index in [4.69, 9.17) is 9.84 Å². The molecule has 14 heteroatoms. The number of fused-ring (bicyclic) bond motifs is 2. The first-order chi connectivity index (χ1) is 26.9. The number of methoxy groups -OCH3 is 1. The number of para-hydroxylation sites is 1. The van der Waals surface area contributed by atoms with Crippen LogP contribution in [0.15, 0.2) is 59.5 Å². The van der Waals surface area contributed by atoms with Crippen LogP contribution in [0.1, 0.15) is 105 Å². The van der Waals surface area contributed by atoms with Gasteiger partial charge in [-0.3, -0.25) is 33.5 Å². The largest absolute Gasteiger partial charge is 0.494 e. The van der Waals surface area contributed by atoms with Crippen LogP contribution in [-0.2, 0) is 22.3 Å². The Morgan fingerprint density at radius 3 is 2.46 bits per heavy atom.